The van der Waals surface area contributed by atoms with Gasteiger partial charge < -0.3 is 15.0 Å². The van der Waals surface area contributed by atoms with E-state index in [1.165, 1.54) is 12.8 Å². The highest BCUT2D eigenvalue weighted by atomic mass is 32.1. The predicted molar refractivity (Wildman–Crippen MR) is 110 cm³/mol. The van der Waals surface area contributed by atoms with Crippen molar-refractivity contribution >= 4 is 32.6 Å². The van der Waals surface area contributed by atoms with Crippen molar-refractivity contribution in [3.05, 3.63) is 23.8 Å². The Labute approximate surface area is 164 Å². The van der Waals surface area contributed by atoms with E-state index in [2.05, 4.69) is 22.0 Å². The minimum atomic E-state index is -0.00749. The summed E-state index contributed by atoms with van der Waals surface area (Å²) in [5.74, 6) is 0.801. The molecule has 1 amide bonds. The number of amides is 1. The number of rotatable bonds is 5. The molecule has 1 aromatic carbocycles. The van der Waals surface area contributed by atoms with Crippen LogP contribution in [0.5, 0.6) is 0 Å². The van der Waals surface area contributed by atoms with Gasteiger partial charge in [0.1, 0.15) is 0 Å². The molecule has 0 unspecified atom stereocenters. The van der Waals surface area contributed by atoms with E-state index < -0.39 is 0 Å². The van der Waals surface area contributed by atoms with E-state index in [0.717, 1.165) is 67.2 Å². The summed E-state index contributed by atoms with van der Waals surface area (Å²) in [5, 5.41) is 4.12. The molecule has 0 spiro atoms. The molecular weight excluding hydrogens is 360 g/mol. The van der Waals surface area contributed by atoms with Crippen LogP contribution >= 0.6 is 11.3 Å². The molecule has 27 heavy (non-hydrogen) atoms. The summed E-state index contributed by atoms with van der Waals surface area (Å²) in [6.45, 7) is 9.47. The predicted octanol–water partition coefficient (Wildman–Crippen LogP) is 2.59. The van der Waals surface area contributed by atoms with E-state index >= 15 is 0 Å². The van der Waals surface area contributed by atoms with Crippen LogP contribution in [0.3, 0.4) is 0 Å². The molecule has 2 aliphatic heterocycles. The highest BCUT2D eigenvalue weighted by molar-refractivity contribution is 7.22. The first-order chi connectivity index (χ1) is 13.2. The first-order valence-corrected chi connectivity index (χ1v) is 10.7. The number of ether oxygens (including phenoxy) is 1. The summed E-state index contributed by atoms with van der Waals surface area (Å²) in [6, 6.07) is 5.83. The van der Waals surface area contributed by atoms with Gasteiger partial charge in [-0.1, -0.05) is 18.3 Å². The molecule has 6 nitrogen and oxygen atoms in total. The highest BCUT2D eigenvalue weighted by Crippen LogP contribution is 2.32. The molecule has 0 aliphatic carbocycles. The summed E-state index contributed by atoms with van der Waals surface area (Å²) < 4.78 is 6.44. The van der Waals surface area contributed by atoms with Gasteiger partial charge in [-0.25, -0.2) is 4.98 Å². The van der Waals surface area contributed by atoms with Gasteiger partial charge in [-0.2, -0.15) is 0 Å². The van der Waals surface area contributed by atoms with Crippen LogP contribution in [-0.2, 0) is 4.74 Å². The number of carbonyl (C=O) groups excluding carboxylic acids is 1. The van der Waals surface area contributed by atoms with Crippen LogP contribution in [0.15, 0.2) is 18.2 Å². The number of piperidine rings is 1. The van der Waals surface area contributed by atoms with Gasteiger partial charge in [-0.05, 0) is 37.0 Å². The van der Waals surface area contributed by atoms with Gasteiger partial charge in [0.25, 0.3) is 5.91 Å². The number of morpholine rings is 1. The zero-order valence-corrected chi connectivity index (χ0v) is 16.8. The van der Waals surface area contributed by atoms with E-state index in [-0.39, 0.29) is 5.91 Å². The van der Waals surface area contributed by atoms with E-state index in [4.69, 9.17) is 9.72 Å². The number of hydrogen-bond donors (Lipinski definition) is 1. The van der Waals surface area contributed by atoms with Crippen molar-refractivity contribution < 1.29 is 9.53 Å². The van der Waals surface area contributed by atoms with E-state index in [1.54, 1.807) is 11.3 Å². The van der Waals surface area contributed by atoms with Crippen molar-refractivity contribution in [2.24, 2.45) is 5.92 Å². The molecule has 2 aliphatic rings. The molecule has 0 atom stereocenters. The Morgan fingerprint density at radius 3 is 2.81 bits per heavy atom. The number of nitrogens with one attached hydrogen (secondary N) is 1. The van der Waals surface area contributed by atoms with Crippen LogP contribution in [0.4, 0.5) is 5.13 Å². The fourth-order valence-corrected chi connectivity index (χ4v) is 4.70. The average Bonchev–Trinajstić information content (AvgIpc) is 3.12. The molecule has 1 N–H and O–H groups in total. The minimum absolute atomic E-state index is 0.00749. The standard InChI is InChI=1S/C20H28N4O2S/c1-15-4-7-24(8-5-15)20-22-17-3-2-16(14-18(17)27-20)19(25)21-6-9-23-10-12-26-13-11-23/h2-3,14-15H,4-13H2,1H3,(H,21,25). The monoisotopic (exact) mass is 388 g/mol. The lowest BCUT2D eigenvalue weighted by Crippen LogP contribution is -2.41. The molecule has 0 saturated carbocycles. The second-order valence-electron chi connectivity index (χ2n) is 7.56. The van der Waals surface area contributed by atoms with E-state index in [9.17, 15) is 4.79 Å². The Morgan fingerprint density at radius 1 is 1.26 bits per heavy atom. The zero-order valence-electron chi connectivity index (χ0n) is 15.9. The summed E-state index contributed by atoms with van der Waals surface area (Å²) >= 11 is 1.70. The van der Waals surface area contributed by atoms with E-state index in [0.29, 0.717) is 12.1 Å². The normalized spacial score (nSPS) is 19.5. The first-order valence-electron chi connectivity index (χ1n) is 9.93. The molecule has 0 radical (unpaired) electrons. The lowest BCUT2D eigenvalue weighted by Gasteiger charge is -2.29. The molecule has 3 heterocycles. The van der Waals surface area contributed by atoms with Crippen molar-refractivity contribution in [3.63, 3.8) is 0 Å². The van der Waals surface area contributed by atoms with E-state index in [1.807, 2.05) is 18.2 Å². The van der Waals surface area contributed by atoms with Gasteiger partial charge in [0, 0.05) is 44.8 Å². The Balaban J connectivity index is 1.36. The number of nitrogens with zero attached hydrogens (tertiary/aromatic N) is 3. The largest absolute Gasteiger partial charge is 0.379 e. The summed E-state index contributed by atoms with van der Waals surface area (Å²) in [7, 11) is 0. The number of benzene rings is 1. The summed E-state index contributed by atoms with van der Waals surface area (Å²) in [5.41, 5.74) is 1.70. The third kappa shape index (κ3) is 4.59. The zero-order chi connectivity index (χ0) is 18.6. The fourth-order valence-electron chi connectivity index (χ4n) is 3.64. The first kappa shape index (κ1) is 18.7. The number of aromatic nitrogens is 1. The lowest BCUT2D eigenvalue weighted by atomic mass is 10.00. The maximum Gasteiger partial charge on any atom is 0.251 e. The topological polar surface area (TPSA) is 57.7 Å². The highest BCUT2D eigenvalue weighted by Gasteiger charge is 2.19. The summed E-state index contributed by atoms with van der Waals surface area (Å²) in [4.78, 5) is 22.0. The minimum Gasteiger partial charge on any atom is -0.379 e. The Morgan fingerprint density at radius 2 is 2.04 bits per heavy atom. The molecule has 146 valence electrons. The number of thiazole rings is 1. The number of hydrogen-bond acceptors (Lipinski definition) is 6. The molecule has 2 saturated heterocycles. The molecule has 4 rings (SSSR count). The van der Waals surface area contributed by atoms with Crippen LogP contribution in [0.25, 0.3) is 10.2 Å². The lowest BCUT2D eigenvalue weighted by molar-refractivity contribution is 0.0383. The molecule has 0 bridgehead atoms. The Bertz CT molecular complexity index is 779. The van der Waals surface area contributed by atoms with Crippen molar-refractivity contribution in [1.29, 1.82) is 0 Å². The second kappa shape index (κ2) is 8.54. The summed E-state index contributed by atoms with van der Waals surface area (Å²) in [6.07, 6.45) is 2.46. The SMILES string of the molecule is CC1CCN(c2nc3ccc(C(=O)NCCN4CCOCC4)cc3s2)CC1. The van der Waals surface area contributed by atoms with Crippen molar-refractivity contribution in [3.8, 4) is 0 Å². The third-order valence-corrected chi connectivity index (χ3v) is 6.59. The Hall–Kier alpha value is -1.70. The smallest absolute Gasteiger partial charge is 0.251 e. The van der Waals surface area contributed by atoms with Gasteiger partial charge in [0.2, 0.25) is 0 Å². The molecule has 1 aromatic heterocycles. The molecular formula is C20H28N4O2S. The van der Waals surface area contributed by atoms with Gasteiger partial charge in [-0.15, -0.1) is 0 Å². The van der Waals surface area contributed by atoms with Gasteiger partial charge >= 0.3 is 0 Å². The molecule has 7 heteroatoms. The van der Waals surface area contributed by atoms with Crippen molar-refractivity contribution in [2.75, 3.05) is 57.4 Å². The molecule has 2 aromatic rings. The maximum absolute atomic E-state index is 12.5. The van der Waals surface area contributed by atoms with Crippen LogP contribution in [0.2, 0.25) is 0 Å². The second-order valence-corrected chi connectivity index (χ2v) is 8.57. The van der Waals surface area contributed by atoms with Crippen LogP contribution < -0.4 is 10.2 Å². The molecule has 2 fully saturated rings. The number of carbonyl (C=O) groups is 1. The van der Waals surface area contributed by atoms with Gasteiger partial charge in [0.05, 0.1) is 23.4 Å². The maximum atomic E-state index is 12.5. The van der Waals surface area contributed by atoms with Crippen molar-refractivity contribution in [2.45, 2.75) is 19.8 Å². The quantitative estimate of drug-likeness (QED) is 0.853. The fraction of sp³-hybridized carbons (Fsp3) is 0.600. The van der Waals surface area contributed by atoms with Crippen LogP contribution in [-0.4, -0.2) is 68.3 Å². The Kier molecular flexibility index (Phi) is 5.90. The number of anilines is 1. The third-order valence-electron chi connectivity index (χ3n) is 5.51. The number of fused-ring (bicyclic) bond motifs is 1. The average molecular weight is 389 g/mol. The van der Waals surface area contributed by atoms with Crippen LogP contribution in [0.1, 0.15) is 30.1 Å². The van der Waals surface area contributed by atoms with Gasteiger partial charge in [0.15, 0.2) is 5.13 Å². The van der Waals surface area contributed by atoms with Crippen molar-refractivity contribution in [1.82, 2.24) is 15.2 Å². The van der Waals surface area contributed by atoms with Gasteiger partial charge in [-0.3, -0.25) is 9.69 Å². The van der Waals surface area contributed by atoms with Crippen LogP contribution in [0, 0.1) is 5.92 Å².